The molecule has 1 heterocycles. The van der Waals surface area contributed by atoms with E-state index in [1.807, 2.05) is 24.3 Å². The minimum absolute atomic E-state index is 0.469. The third-order valence-corrected chi connectivity index (χ3v) is 3.54. The van der Waals surface area contributed by atoms with Crippen molar-refractivity contribution in [2.45, 2.75) is 3.79 Å². The first-order chi connectivity index (χ1) is 6.98. The van der Waals surface area contributed by atoms with E-state index >= 15 is 0 Å². The van der Waals surface area contributed by atoms with Gasteiger partial charge >= 0.3 is 0 Å². The number of Topliss-reactive ketones (excluding diaryl/α,β-unsaturated/α-hetero) is 1. The number of ketones is 1. The molecule has 0 spiro atoms. The van der Waals surface area contributed by atoms with E-state index in [0.717, 1.165) is 10.1 Å². The molecule has 2 aromatic rings. The number of rotatable bonds is 1. The van der Waals surface area contributed by atoms with Gasteiger partial charge < -0.3 is 0 Å². The Balaban J connectivity index is 2.50. The molecule has 1 aromatic carbocycles. The van der Waals surface area contributed by atoms with Crippen LogP contribution in [-0.4, -0.2) is 9.58 Å². The van der Waals surface area contributed by atoms with Gasteiger partial charge in [0.1, 0.15) is 0 Å². The summed E-state index contributed by atoms with van der Waals surface area (Å²) in [7, 11) is 0. The predicted octanol–water partition coefficient (Wildman–Crippen LogP) is 4.45. The van der Waals surface area contributed by atoms with Gasteiger partial charge in [0, 0.05) is 4.70 Å². The first kappa shape index (κ1) is 11.2. The molecule has 0 radical (unpaired) electrons. The highest BCUT2D eigenvalue weighted by Crippen LogP contribution is 2.35. The van der Waals surface area contributed by atoms with Gasteiger partial charge in [-0.05, 0) is 17.5 Å². The molecule has 1 aromatic heterocycles. The van der Waals surface area contributed by atoms with E-state index in [2.05, 4.69) is 0 Å². The maximum Gasteiger partial charge on any atom is 0.254 e. The number of fused-ring (bicyclic) bond motifs is 1. The maximum absolute atomic E-state index is 11.7. The zero-order valence-corrected chi connectivity index (χ0v) is 10.4. The number of hydrogen-bond acceptors (Lipinski definition) is 2. The topological polar surface area (TPSA) is 17.1 Å². The number of carbonyl (C=O) groups is 1. The molecular weight excluding hydrogens is 275 g/mol. The second kappa shape index (κ2) is 3.95. The number of carbonyl (C=O) groups excluding carboxylic acids is 1. The zero-order chi connectivity index (χ0) is 11.1. The van der Waals surface area contributed by atoms with E-state index in [-0.39, 0.29) is 0 Å². The van der Waals surface area contributed by atoms with Crippen molar-refractivity contribution in [2.24, 2.45) is 0 Å². The maximum atomic E-state index is 11.7. The Labute approximate surface area is 106 Å². The van der Waals surface area contributed by atoms with Gasteiger partial charge in [-0.2, -0.15) is 0 Å². The van der Waals surface area contributed by atoms with Crippen molar-refractivity contribution in [3.05, 3.63) is 35.2 Å². The van der Waals surface area contributed by atoms with E-state index < -0.39 is 9.58 Å². The number of halogens is 3. The molecule has 0 saturated carbocycles. The Morgan fingerprint density at radius 2 is 1.87 bits per heavy atom. The van der Waals surface area contributed by atoms with E-state index in [1.54, 1.807) is 6.07 Å². The van der Waals surface area contributed by atoms with Crippen LogP contribution in [-0.2, 0) is 0 Å². The highest BCUT2D eigenvalue weighted by Gasteiger charge is 2.32. The molecule has 0 unspecified atom stereocenters. The van der Waals surface area contributed by atoms with Crippen LogP contribution in [0, 0.1) is 0 Å². The third kappa shape index (κ3) is 2.28. The van der Waals surface area contributed by atoms with Gasteiger partial charge in [0.2, 0.25) is 5.78 Å². The summed E-state index contributed by atoms with van der Waals surface area (Å²) in [5, 5.41) is 0.986. The van der Waals surface area contributed by atoms with Crippen LogP contribution >= 0.6 is 46.1 Å². The van der Waals surface area contributed by atoms with Crippen LogP contribution in [0.25, 0.3) is 10.1 Å². The fourth-order valence-electron chi connectivity index (χ4n) is 1.23. The molecule has 0 fully saturated rings. The van der Waals surface area contributed by atoms with E-state index in [1.165, 1.54) is 11.3 Å². The Kier molecular flexibility index (Phi) is 2.95. The average Bonchev–Trinajstić information content (AvgIpc) is 2.58. The molecule has 0 saturated heterocycles. The van der Waals surface area contributed by atoms with Crippen molar-refractivity contribution in [1.29, 1.82) is 0 Å². The lowest BCUT2D eigenvalue weighted by atomic mass is 10.2. The van der Waals surface area contributed by atoms with Crippen LogP contribution in [0.15, 0.2) is 30.3 Å². The number of benzene rings is 1. The van der Waals surface area contributed by atoms with Gasteiger partial charge in [0.25, 0.3) is 3.79 Å². The van der Waals surface area contributed by atoms with Crippen LogP contribution in [0.4, 0.5) is 0 Å². The summed E-state index contributed by atoms with van der Waals surface area (Å²) >= 11 is 17.9. The second-order valence-electron chi connectivity index (χ2n) is 2.98. The second-order valence-corrected chi connectivity index (χ2v) is 6.34. The van der Waals surface area contributed by atoms with Gasteiger partial charge in [-0.3, -0.25) is 4.79 Å². The Hall–Kier alpha value is -0.280. The smallest absolute Gasteiger partial charge is 0.254 e. The monoisotopic (exact) mass is 278 g/mol. The molecule has 0 atom stereocenters. The minimum Gasteiger partial charge on any atom is -0.288 e. The molecule has 0 aliphatic carbocycles. The fraction of sp³-hybridized carbons (Fsp3) is 0.100. The van der Waals surface area contributed by atoms with Gasteiger partial charge in [-0.1, -0.05) is 53.0 Å². The average molecular weight is 280 g/mol. The van der Waals surface area contributed by atoms with E-state index in [4.69, 9.17) is 34.8 Å². The molecule has 0 bridgehead atoms. The summed E-state index contributed by atoms with van der Waals surface area (Å²) in [6, 6.07) is 9.39. The van der Waals surface area contributed by atoms with Crippen molar-refractivity contribution >= 4 is 62.0 Å². The zero-order valence-electron chi connectivity index (χ0n) is 7.34. The Morgan fingerprint density at radius 3 is 2.47 bits per heavy atom. The van der Waals surface area contributed by atoms with Gasteiger partial charge in [-0.25, -0.2) is 0 Å². The molecular formula is C10H5Cl3OS. The van der Waals surface area contributed by atoms with Crippen LogP contribution in [0.3, 0.4) is 0 Å². The predicted molar refractivity (Wildman–Crippen MR) is 66.4 cm³/mol. The molecule has 1 nitrogen and oxygen atoms in total. The quantitative estimate of drug-likeness (QED) is 0.556. The van der Waals surface area contributed by atoms with Crippen molar-refractivity contribution in [3.8, 4) is 0 Å². The lowest BCUT2D eigenvalue weighted by Gasteiger charge is -2.05. The van der Waals surface area contributed by atoms with Crippen LogP contribution in [0.2, 0.25) is 0 Å². The lowest BCUT2D eigenvalue weighted by Crippen LogP contribution is -2.17. The van der Waals surface area contributed by atoms with Crippen LogP contribution in [0.1, 0.15) is 9.67 Å². The van der Waals surface area contributed by atoms with Crippen LogP contribution in [0.5, 0.6) is 0 Å². The minimum atomic E-state index is -1.87. The first-order valence-corrected chi connectivity index (χ1v) is 6.03. The molecule has 0 aliphatic heterocycles. The number of thiophene rings is 1. The molecule has 0 aliphatic rings. The SMILES string of the molecule is O=C(c1cc2ccccc2s1)C(Cl)(Cl)Cl. The molecule has 0 N–H and O–H groups in total. The van der Waals surface area contributed by atoms with Crippen molar-refractivity contribution in [3.63, 3.8) is 0 Å². The largest absolute Gasteiger partial charge is 0.288 e. The van der Waals surface area contributed by atoms with Gasteiger partial charge in [-0.15, -0.1) is 11.3 Å². The summed E-state index contributed by atoms with van der Waals surface area (Å²) in [4.78, 5) is 12.1. The van der Waals surface area contributed by atoms with Gasteiger partial charge in [0.15, 0.2) is 0 Å². The molecule has 0 amide bonds. The highest BCUT2D eigenvalue weighted by molar-refractivity contribution is 7.21. The molecule has 15 heavy (non-hydrogen) atoms. The molecule has 5 heteroatoms. The van der Waals surface area contributed by atoms with Crippen molar-refractivity contribution in [1.82, 2.24) is 0 Å². The number of hydrogen-bond donors (Lipinski definition) is 0. The van der Waals surface area contributed by atoms with Crippen molar-refractivity contribution < 1.29 is 4.79 Å². The Bertz CT molecular complexity index is 480. The number of alkyl halides is 3. The fourth-order valence-corrected chi connectivity index (χ4v) is 2.77. The van der Waals surface area contributed by atoms with Crippen LogP contribution < -0.4 is 0 Å². The van der Waals surface area contributed by atoms with Gasteiger partial charge in [0.05, 0.1) is 4.88 Å². The summed E-state index contributed by atoms with van der Waals surface area (Å²) in [6.45, 7) is 0. The van der Waals surface area contributed by atoms with E-state index in [9.17, 15) is 4.79 Å². The highest BCUT2D eigenvalue weighted by atomic mass is 35.6. The lowest BCUT2D eigenvalue weighted by molar-refractivity contribution is 0.100. The van der Waals surface area contributed by atoms with Crippen molar-refractivity contribution in [2.75, 3.05) is 0 Å². The molecule has 78 valence electrons. The summed E-state index contributed by atoms with van der Waals surface area (Å²) in [5.41, 5.74) is 0. The summed E-state index contributed by atoms with van der Waals surface area (Å²) in [6.07, 6.45) is 0. The van der Waals surface area contributed by atoms with E-state index in [0.29, 0.717) is 4.88 Å². The Morgan fingerprint density at radius 1 is 1.20 bits per heavy atom. The third-order valence-electron chi connectivity index (χ3n) is 1.91. The normalized spacial score (nSPS) is 11.9. The summed E-state index contributed by atoms with van der Waals surface area (Å²) in [5.74, 6) is -0.478. The molecule has 2 rings (SSSR count). The standard InChI is InChI=1S/C10H5Cl3OS/c11-10(12,13)9(14)8-5-6-3-1-2-4-7(6)15-8/h1-5H. The first-order valence-electron chi connectivity index (χ1n) is 4.08. The summed E-state index contributed by atoms with van der Waals surface area (Å²) < 4.78 is -0.865.